The van der Waals surface area contributed by atoms with Gasteiger partial charge in [-0.15, -0.1) is 11.1 Å². The van der Waals surface area contributed by atoms with E-state index in [9.17, 15) is 0 Å². The molecule has 0 nitrogen and oxygen atoms in total. The Bertz CT molecular complexity index is 1170. The third-order valence-electron chi connectivity index (χ3n) is 5.91. The Morgan fingerprint density at radius 1 is 0.595 bits per heavy atom. The van der Waals surface area contributed by atoms with Crippen LogP contribution in [0, 0.1) is 24.0 Å². The Morgan fingerprint density at radius 3 is 1.16 bits per heavy atom. The van der Waals surface area contributed by atoms with E-state index in [1.807, 2.05) is 12.1 Å². The van der Waals surface area contributed by atoms with Gasteiger partial charge in [0.15, 0.2) is 0 Å². The summed E-state index contributed by atoms with van der Waals surface area (Å²) in [5.41, 5.74) is 7.72. The molecule has 0 radical (unpaired) electrons. The summed E-state index contributed by atoms with van der Waals surface area (Å²) in [7, 11) is 0. The van der Waals surface area contributed by atoms with Gasteiger partial charge < -0.3 is 24.8 Å². The number of halogens is 2. The predicted molar refractivity (Wildman–Crippen MR) is 150 cm³/mol. The largest absolute Gasteiger partial charge is 1.00 e. The fourth-order valence-electron chi connectivity index (χ4n) is 4.22. The quantitative estimate of drug-likeness (QED) is 0.311. The van der Waals surface area contributed by atoms with Gasteiger partial charge in [-0.2, -0.15) is 23.3 Å². The molecule has 0 N–H and O–H groups in total. The molecule has 5 rings (SSSR count). The molecular formula is C33H34Cl2SiZr-2. The second-order valence-electron chi connectivity index (χ2n) is 9.00. The molecule has 0 amide bonds. The van der Waals surface area contributed by atoms with Crippen molar-refractivity contribution in [2.75, 3.05) is 0 Å². The first-order chi connectivity index (χ1) is 16.8. The van der Waals surface area contributed by atoms with Gasteiger partial charge >= 0.3 is 70.8 Å². The molecule has 3 aromatic rings. The molecule has 0 saturated heterocycles. The number of allylic oxidation sites excluding steroid dienone is 8. The van der Waals surface area contributed by atoms with Gasteiger partial charge in [0.05, 0.1) is 0 Å². The first kappa shape index (κ1) is 33.3. The molecule has 2 aliphatic rings. The molecule has 0 saturated carbocycles. The normalized spacial score (nSPS) is 17.2. The van der Waals surface area contributed by atoms with E-state index in [1.54, 1.807) is 28.5 Å². The third kappa shape index (κ3) is 10.5. The number of hydrogen-bond acceptors (Lipinski definition) is 0. The fraction of sp³-hybridized carbons (Fsp3) is 0.212. The fourth-order valence-corrected chi connectivity index (χ4v) is 6.14. The summed E-state index contributed by atoms with van der Waals surface area (Å²) in [6, 6.07) is 31.7. The summed E-state index contributed by atoms with van der Waals surface area (Å²) in [5.74, 6) is 0.936. The third-order valence-corrected chi connectivity index (χ3v) is 9.23. The summed E-state index contributed by atoms with van der Waals surface area (Å²) in [4.78, 5) is 0. The van der Waals surface area contributed by atoms with Gasteiger partial charge in [0.25, 0.3) is 0 Å². The van der Waals surface area contributed by atoms with Crippen molar-refractivity contribution in [1.82, 2.24) is 0 Å². The molecule has 3 aromatic carbocycles. The van der Waals surface area contributed by atoms with Gasteiger partial charge in [0.1, 0.15) is 0 Å². The van der Waals surface area contributed by atoms with Crippen LogP contribution in [0.2, 0.25) is 6.55 Å². The number of rotatable bonds is 3. The Labute approximate surface area is 251 Å². The molecule has 0 heterocycles. The SMILES string of the molecule is CC1=[C-]C(C)C=C1c1ccccc1.CC1=[C-]C(C)C=C1c1ccccc1.C[Si](=[Zr+2])c1ccccc1.[Cl-].[Cl-]. The molecule has 0 spiro atoms. The zero-order valence-electron chi connectivity index (χ0n) is 22.2. The smallest absolute Gasteiger partial charge is 1.00 e. The van der Waals surface area contributed by atoms with Crippen LogP contribution in [0.4, 0.5) is 0 Å². The van der Waals surface area contributed by atoms with E-state index in [1.165, 1.54) is 33.4 Å². The molecule has 2 unspecified atom stereocenters. The van der Waals surface area contributed by atoms with Gasteiger partial charge in [-0.05, 0) is 0 Å². The van der Waals surface area contributed by atoms with Gasteiger partial charge in [0, 0.05) is 0 Å². The molecular weight excluding hydrogens is 587 g/mol. The number of benzene rings is 3. The molecule has 0 fully saturated rings. The zero-order valence-corrected chi connectivity index (χ0v) is 27.2. The second kappa shape index (κ2) is 17.0. The molecule has 0 aliphatic heterocycles. The molecule has 0 bridgehead atoms. The van der Waals surface area contributed by atoms with Crippen LogP contribution >= 0.6 is 0 Å². The monoisotopic (exact) mass is 618 g/mol. The van der Waals surface area contributed by atoms with E-state index in [4.69, 9.17) is 0 Å². The minimum absolute atomic E-state index is 0. The van der Waals surface area contributed by atoms with Crippen LogP contribution in [0.5, 0.6) is 0 Å². The Hall–Kier alpha value is -1.70. The van der Waals surface area contributed by atoms with Gasteiger partial charge in [-0.25, -0.2) is 11.1 Å². The summed E-state index contributed by atoms with van der Waals surface area (Å²) >= 11 is 1.69. The second-order valence-corrected chi connectivity index (χ2v) is 16.4. The molecule has 2 atom stereocenters. The molecule has 190 valence electrons. The van der Waals surface area contributed by atoms with Crippen LogP contribution in [-0.2, 0) is 23.3 Å². The van der Waals surface area contributed by atoms with E-state index in [0.29, 0.717) is 11.8 Å². The van der Waals surface area contributed by atoms with Crippen LogP contribution in [0.25, 0.3) is 11.1 Å². The summed E-state index contributed by atoms with van der Waals surface area (Å²) in [5, 5.41) is 1.56. The van der Waals surface area contributed by atoms with Crippen molar-refractivity contribution in [3.05, 3.63) is 138 Å². The molecule has 2 aliphatic carbocycles. The minimum Gasteiger partial charge on any atom is -1.00 e. The molecule has 4 heteroatoms. The van der Waals surface area contributed by atoms with Crippen molar-refractivity contribution in [3.8, 4) is 0 Å². The minimum atomic E-state index is -0.122. The number of hydrogen-bond donors (Lipinski definition) is 0. The standard InChI is InChI=1S/2C13H13.C7H8Si.2ClH.Zr/c2*1-10-8-11(2)13(9-10)12-6-4-3-5-7-12;1-8-7-5-3-2-4-6-7;;;/h2*3-7,9-10H,1-2H3;2-6H,1H3;2*1H;/q2*-1;;;;+2/p-2. The van der Waals surface area contributed by atoms with Gasteiger partial charge in [0.2, 0.25) is 0 Å². The van der Waals surface area contributed by atoms with Crippen LogP contribution in [0.1, 0.15) is 38.8 Å². The van der Waals surface area contributed by atoms with Crippen LogP contribution in [0.15, 0.2) is 114 Å². The van der Waals surface area contributed by atoms with Crippen molar-refractivity contribution in [2.24, 2.45) is 11.8 Å². The topological polar surface area (TPSA) is 0 Å². The average molecular weight is 621 g/mol. The maximum absolute atomic E-state index is 3.39. The molecule has 37 heavy (non-hydrogen) atoms. The first-order valence-corrected chi connectivity index (χ1v) is 17.9. The van der Waals surface area contributed by atoms with E-state index in [2.05, 4.69) is 137 Å². The van der Waals surface area contributed by atoms with Crippen molar-refractivity contribution in [3.63, 3.8) is 0 Å². The summed E-state index contributed by atoms with van der Waals surface area (Å²) in [6.45, 7) is 10.9. The van der Waals surface area contributed by atoms with Gasteiger partial charge in [-0.3, -0.25) is 12.2 Å². The average Bonchev–Trinajstić information content (AvgIpc) is 3.40. The maximum Gasteiger partial charge on any atom is -1.00 e. The molecule has 0 aromatic heterocycles. The van der Waals surface area contributed by atoms with Gasteiger partial charge in [-0.1, -0.05) is 100 Å². The predicted octanol–water partition coefficient (Wildman–Crippen LogP) is 2.01. The first-order valence-electron chi connectivity index (χ1n) is 12.2. The van der Waals surface area contributed by atoms with Crippen LogP contribution < -0.4 is 30.0 Å². The zero-order chi connectivity index (χ0) is 25.2. The van der Waals surface area contributed by atoms with Crippen LogP contribution in [0.3, 0.4) is 0 Å². The van der Waals surface area contributed by atoms with E-state index in [0.717, 1.165) is 0 Å². The summed E-state index contributed by atoms with van der Waals surface area (Å²) < 4.78 is 0. The van der Waals surface area contributed by atoms with Crippen molar-refractivity contribution < 1.29 is 48.1 Å². The Morgan fingerprint density at radius 2 is 0.919 bits per heavy atom. The van der Waals surface area contributed by atoms with E-state index >= 15 is 0 Å². The van der Waals surface area contributed by atoms with Crippen molar-refractivity contribution >= 4 is 21.8 Å². The van der Waals surface area contributed by atoms with E-state index in [-0.39, 0.29) is 30.2 Å². The Kier molecular flexibility index (Phi) is 15.3. The van der Waals surface area contributed by atoms with Crippen molar-refractivity contribution in [2.45, 2.75) is 34.2 Å². The van der Waals surface area contributed by atoms with Crippen molar-refractivity contribution in [1.29, 1.82) is 0 Å². The maximum atomic E-state index is 3.39. The van der Waals surface area contributed by atoms with Crippen LogP contribution in [-0.4, -0.2) is 5.43 Å². The Balaban J connectivity index is 0.000000275. The van der Waals surface area contributed by atoms with E-state index < -0.39 is 0 Å². The summed E-state index contributed by atoms with van der Waals surface area (Å²) in [6.07, 6.45) is 11.3.